The molecule has 0 saturated carbocycles. The maximum atomic E-state index is 2.20. The molecule has 1 heteroatoms. The van der Waals surface area contributed by atoms with Crippen molar-refractivity contribution in [2.45, 2.75) is 19.8 Å². The van der Waals surface area contributed by atoms with E-state index in [1.807, 2.05) is 0 Å². The average Bonchev–Trinajstić information content (AvgIpc) is 2.19. The Hall–Kier alpha value is 0.220. The van der Waals surface area contributed by atoms with Gasteiger partial charge in [-0.25, -0.2) is 12.1 Å². The van der Waals surface area contributed by atoms with Gasteiger partial charge >= 0.3 is 0 Å². The molecule has 0 heterocycles. The molecule has 0 amide bonds. The summed E-state index contributed by atoms with van der Waals surface area (Å²) in [4.78, 5) is 0. The minimum Gasteiger partial charge on any atom is -0.213 e. The minimum atomic E-state index is 0. The summed E-state index contributed by atoms with van der Waals surface area (Å²) in [7, 11) is 0. The van der Waals surface area contributed by atoms with E-state index in [4.69, 9.17) is 0 Å². The first-order valence-electron chi connectivity index (χ1n) is 3.14. The van der Waals surface area contributed by atoms with Gasteiger partial charge in [-0.05, 0) is 0 Å². The molecule has 0 aliphatic rings. The van der Waals surface area contributed by atoms with Gasteiger partial charge in [0.05, 0.1) is 0 Å². The molecule has 0 fully saturated rings. The predicted molar refractivity (Wildman–Crippen MR) is 36.0 cm³/mol. The van der Waals surface area contributed by atoms with Gasteiger partial charge in [-0.2, -0.15) is 17.7 Å². The van der Waals surface area contributed by atoms with Crippen molar-refractivity contribution in [3.8, 4) is 0 Å². The van der Waals surface area contributed by atoms with Crippen LogP contribution in [-0.2, 0) is 32.3 Å². The van der Waals surface area contributed by atoms with E-state index in [9.17, 15) is 0 Å². The first-order valence-corrected chi connectivity index (χ1v) is 3.14. The van der Waals surface area contributed by atoms with Crippen molar-refractivity contribution in [1.29, 1.82) is 0 Å². The van der Waals surface area contributed by atoms with Crippen molar-refractivity contribution in [3.63, 3.8) is 0 Å². The molecule has 0 aromatic heterocycles. The summed E-state index contributed by atoms with van der Waals surface area (Å²) in [5, 5.41) is 0. The zero-order valence-corrected chi connectivity index (χ0v) is 9.32. The van der Waals surface area contributed by atoms with Crippen LogP contribution in [0.1, 0.15) is 18.9 Å². The topological polar surface area (TPSA) is 0 Å². The zero-order valence-electron chi connectivity index (χ0n) is 5.72. The monoisotopic (exact) mass is 287 g/mol. The molecule has 0 saturated heterocycles. The van der Waals surface area contributed by atoms with Gasteiger partial charge in [0, 0.05) is 25.8 Å². The van der Waals surface area contributed by atoms with Crippen LogP contribution in [-0.4, -0.2) is 0 Å². The Morgan fingerprint density at radius 2 is 1.78 bits per heavy atom. The van der Waals surface area contributed by atoms with Gasteiger partial charge in [-0.1, -0.05) is 19.8 Å². The van der Waals surface area contributed by atoms with Gasteiger partial charge in [-0.3, -0.25) is 0 Å². The van der Waals surface area contributed by atoms with Crippen LogP contribution in [0.2, 0.25) is 0 Å². The SMILES string of the molecule is CCC[c-]1cccc1.[Hf]. The van der Waals surface area contributed by atoms with Crippen molar-refractivity contribution in [2.24, 2.45) is 0 Å². The molecule has 0 N–H and O–H groups in total. The predicted octanol–water partition coefficient (Wildman–Crippen LogP) is 2.36. The van der Waals surface area contributed by atoms with E-state index in [1.54, 1.807) is 0 Å². The first kappa shape index (κ1) is 9.22. The van der Waals surface area contributed by atoms with E-state index >= 15 is 0 Å². The van der Waals surface area contributed by atoms with Gasteiger partial charge in [0.25, 0.3) is 0 Å². The molecule has 48 valence electrons. The molecule has 0 aliphatic carbocycles. The molecule has 0 spiro atoms. The summed E-state index contributed by atoms with van der Waals surface area (Å²) >= 11 is 0. The Morgan fingerprint density at radius 3 is 2.22 bits per heavy atom. The number of aryl methyl sites for hydroxylation is 1. The maximum absolute atomic E-state index is 2.20. The van der Waals surface area contributed by atoms with Crippen molar-refractivity contribution >= 4 is 0 Å². The fourth-order valence-corrected chi connectivity index (χ4v) is 0.869. The van der Waals surface area contributed by atoms with E-state index in [-0.39, 0.29) is 25.8 Å². The van der Waals surface area contributed by atoms with E-state index < -0.39 is 0 Å². The Balaban J connectivity index is 0.000000640. The standard InChI is InChI=1S/C8H11.Hf/c1-2-5-8-6-3-4-7-8;/h3-4,6-7H,2,5H2,1H3;/q-1;. The molecular weight excluding hydrogens is 275 g/mol. The molecule has 1 rings (SSSR count). The molecule has 0 bridgehead atoms. The molecule has 0 unspecified atom stereocenters. The molecule has 1 aromatic carbocycles. The Labute approximate surface area is 75.4 Å². The number of hydrogen-bond donors (Lipinski definition) is 0. The van der Waals surface area contributed by atoms with E-state index in [0.717, 1.165) is 0 Å². The van der Waals surface area contributed by atoms with Gasteiger partial charge in [-0.15, -0.1) is 0 Å². The van der Waals surface area contributed by atoms with E-state index in [1.165, 1.54) is 18.4 Å². The van der Waals surface area contributed by atoms with Crippen molar-refractivity contribution in [3.05, 3.63) is 29.8 Å². The van der Waals surface area contributed by atoms with Crippen LogP contribution < -0.4 is 0 Å². The second-order valence-electron chi connectivity index (χ2n) is 2.04. The fourth-order valence-electron chi connectivity index (χ4n) is 0.869. The summed E-state index contributed by atoms with van der Waals surface area (Å²) in [5.74, 6) is 0. The van der Waals surface area contributed by atoms with Crippen LogP contribution in [0.3, 0.4) is 0 Å². The summed E-state index contributed by atoms with van der Waals surface area (Å²) < 4.78 is 0. The fraction of sp³-hybridized carbons (Fsp3) is 0.375. The van der Waals surface area contributed by atoms with E-state index in [2.05, 4.69) is 31.2 Å². The Bertz CT molecular complexity index is 130. The molecule has 0 radical (unpaired) electrons. The Morgan fingerprint density at radius 1 is 1.22 bits per heavy atom. The second kappa shape index (κ2) is 5.04. The van der Waals surface area contributed by atoms with Gasteiger partial charge < -0.3 is 0 Å². The number of rotatable bonds is 2. The van der Waals surface area contributed by atoms with Gasteiger partial charge in [0.15, 0.2) is 0 Å². The normalized spacial score (nSPS) is 8.56. The molecular formula is C8H11Hf-. The van der Waals surface area contributed by atoms with Crippen LogP contribution in [0, 0.1) is 0 Å². The third-order valence-corrected chi connectivity index (χ3v) is 1.27. The first-order chi connectivity index (χ1) is 3.93. The van der Waals surface area contributed by atoms with Crippen LogP contribution in [0.5, 0.6) is 0 Å². The average molecular weight is 286 g/mol. The third kappa shape index (κ3) is 3.04. The van der Waals surface area contributed by atoms with E-state index in [0.29, 0.717) is 0 Å². The summed E-state index contributed by atoms with van der Waals surface area (Å²) in [6.45, 7) is 2.20. The van der Waals surface area contributed by atoms with Crippen molar-refractivity contribution < 1.29 is 25.8 Å². The molecule has 0 aliphatic heterocycles. The largest absolute Gasteiger partial charge is 0.213 e. The molecule has 9 heavy (non-hydrogen) atoms. The quantitative estimate of drug-likeness (QED) is 0.578. The molecule has 0 atom stereocenters. The van der Waals surface area contributed by atoms with Gasteiger partial charge in [0.2, 0.25) is 0 Å². The second-order valence-corrected chi connectivity index (χ2v) is 2.04. The minimum absolute atomic E-state index is 0. The van der Waals surface area contributed by atoms with Crippen molar-refractivity contribution in [1.82, 2.24) is 0 Å². The zero-order chi connectivity index (χ0) is 5.82. The van der Waals surface area contributed by atoms with Gasteiger partial charge in [0.1, 0.15) is 0 Å². The molecule has 1 aromatic rings. The van der Waals surface area contributed by atoms with Crippen LogP contribution >= 0.6 is 0 Å². The van der Waals surface area contributed by atoms with Crippen LogP contribution in [0.4, 0.5) is 0 Å². The van der Waals surface area contributed by atoms with Crippen molar-refractivity contribution in [2.75, 3.05) is 0 Å². The summed E-state index contributed by atoms with van der Waals surface area (Å²) in [6, 6.07) is 8.52. The Kier molecular flexibility index (Phi) is 5.16. The molecule has 0 nitrogen and oxygen atoms in total. The third-order valence-electron chi connectivity index (χ3n) is 1.27. The van der Waals surface area contributed by atoms with Crippen LogP contribution in [0.15, 0.2) is 24.3 Å². The smallest absolute Gasteiger partial charge is 0 e. The van der Waals surface area contributed by atoms with Crippen LogP contribution in [0.25, 0.3) is 0 Å². The number of hydrogen-bond acceptors (Lipinski definition) is 0. The summed E-state index contributed by atoms with van der Waals surface area (Å²) in [5.41, 5.74) is 1.47. The summed E-state index contributed by atoms with van der Waals surface area (Å²) in [6.07, 6.45) is 2.48. The maximum Gasteiger partial charge on any atom is 0 e.